The van der Waals surface area contributed by atoms with Crippen LogP contribution in [0.15, 0.2) is 0 Å². The Morgan fingerprint density at radius 3 is 0.784 bits per heavy atom. The summed E-state index contributed by atoms with van der Waals surface area (Å²) in [4.78, 5) is 72.9. The van der Waals surface area contributed by atoms with E-state index in [9.17, 15) is 43.2 Å². The highest BCUT2D eigenvalue weighted by Gasteiger charge is 2.30. The fourth-order valence-corrected chi connectivity index (χ4v) is 13.6. The number of hydrogen-bond donors (Lipinski definition) is 3. The maximum absolute atomic E-state index is 13.1. The van der Waals surface area contributed by atoms with Crippen molar-refractivity contribution >= 4 is 39.5 Å². The second-order valence-electron chi connectivity index (χ2n) is 28.8. The quantitative estimate of drug-likeness (QED) is 0.0222. The molecule has 0 saturated carbocycles. The molecule has 0 bridgehead atoms. The average molecular weight is 1420 g/mol. The minimum absolute atomic E-state index is 0.108. The Bertz CT molecular complexity index is 1870. The third-order valence-electron chi connectivity index (χ3n) is 18.6. The molecule has 0 spiro atoms. The average Bonchev–Trinajstić information content (AvgIpc) is 2.43. The summed E-state index contributed by atoms with van der Waals surface area (Å²) in [6.45, 7) is 9.65. The molecule has 3 N–H and O–H groups in total. The zero-order chi connectivity index (χ0) is 71.4. The van der Waals surface area contributed by atoms with E-state index in [0.29, 0.717) is 25.7 Å². The molecule has 0 aliphatic rings. The summed E-state index contributed by atoms with van der Waals surface area (Å²) in [5, 5.41) is 10.6. The number of phosphoric ester groups is 2. The molecule has 0 aliphatic carbocycles. The molecule has 17 nitrogen and oxygen atoms in total. The zero-order valence-corrected chi connectivity index (χ0v) is 65.2. The van der Waals surface area contributed by atoms with E-state index >= 15 is 0 Å². The van der Waals surface area contributed by atoms with Gasteiger partial charge in [-0.1, -0.05) is 356 Å². The molecule has 576 valence electrons. The van der Waals surface area contributed by atoms with E-state index in [2.05, 4.69) is 41.5 Å². The summed E-state index contributed by atoms with van der Waals surface area (Å²) in [5.41, 5.74) is 0. The first-order chi connectivity index (χ1) is 46.9. The molecule has 3 unspecified atom stereocenters. The Balaban J connectivity index is 5.27. The third-order valence-corrected chi connectivity index (χ3v) is 20.5. The molecule has 6 atom stereocenters. The molecule has 0 radical (unpaired) electrons. The summed E-state index contributed by atoms with van der Waals surface area (Å²) in [5.74, 6) is -0.537. The van der Waals surface area contributed by atoms with Gasteiger partial charge in [0.1, 0.15) is 19.3 Å². The Morgan fingerprint density at radius 2 is 0.526 bits per heavy atom. The molecule has 0 amide bonds. The van der Waals surface area contributed by atoms with E-state index in [1.54, 1.807) is 0 Å². The molecular weight excluding hydrogens is 1270 g/mol. The number of esters is 4. The van der Waals surface area contributed by atoms with Crippen molar-refractivity contribution in [2.45, 2.75) is 426 Å². The standard InChI is InChI=1S/C78H152O17P2/c1-7-10-12-14-16-18-20-22-27-31-35-42-48-54-60-75(80)88-66-73(94-78(83)63-57-51-45-37-33-29-25-24-26-30-34-40-46-52-58-70(4)5)68-92-96(84,85)90-64-72(79)65-91-97(86,87)93-69-74(67-89-76(81)61-55-49-43-39-38-41-47-53-59-71(6)9-3)95-77(82)62-56-50-44-36-32-28-23-21-19-17-15-13-11-8-2/h70-74,79H,7-69H2,1-6H3,(H,84,85)(H,86,87)/t71?,72-,73-,74-/m1/s1. The van der Waals surface area contributed by atoms with E-state index in [0.717, 1.165) is 102 Å². The number of carbonyl (C=O) groups excluding carboxylic acids is 4. The number of ether oxygens (including phenoxy) is 4. The third kappa shape index (κ3) is 70.9. The lowest BCUT2D eigenvalue weighted by atomic mass is 9.99. The van der Waals surface area contributed by atoms with Crippen molar-refractivity contribution in [3.05, 3.63) is 0 Å². The molecule has 0 heterocycles. The Labute approximate surface area is 594 Å². The highest BCUT2D eigenvalue weighted by Crippen LogP contribution is 2.45. The number of hydrogen-bond acceptors (Lipinski definition) is 15. The molecule has 0 aromatic rings. The predicted molar refractivity (Wildman–Crippen MR) is 395 cm³/mol. The van der Waals surface area contributed by atoms with Crippen molar-refractivity contribution in [2.75, 3.05) is 39.6 Å². The molecule has 0 saturated heterocycles. The molecule has 97 heavy (non-hydrogen) atoms. The van der Waals surface area contributed by atoms with E-state index in [4.69, 9.17) is 37.0 Å². The van der Waals surface area contributed by atoms with Crippen molar-refractivity contribution in [3.8, 4) is 0 Å². The van der Waals surface area contributed by atoms with Gasteiger partial charge in [0, 0.05) is 25.7 Å². The fourth-order valence-electron chi connectivity index (χ4n) is 12.0. The summed E-state index contributed by atoms with van der Waals surface area (Å²) < 4.78 is 68.7. The maximum Gasteiger partial charge on any atom is 0.472 e. The number of phosphoric acid groups is 2. The number of unbranched alkanes of at least 4 members (excludes halogenated alkanes) is 46. The Hall–Kier alpha value is -1.94. The van der Waals surface area contributed by atoms with E-state index < -0.39 is 97.5 Å². The van der Waals surface area contributed by atoms with Gasteiger partial charge in [-0.2, -0.15) is 0 Å². The molecule has 0 rings (SSSR count). The monoisotopic (exact) mass is 1420 g/mol. The van der Waals surface area contributed by atoms with Crippen LogP contribution in [0.5, 0.6) is 0 Å². The van der Waals surface area contributed by atoms with Gasteiger partial charge in [0.05, 0.1) is 26.4 Å². The van der Waals surface area contributed by atoms with Crippen molar-refractivity contribution in [1.29, 1.82) is 0 Å². The SMILES string of the molecule is CCCCCCCCCCCCCCCCC(=O)OC[C@H](COP(=O)(O)OC[C@@H](O)COP(=O)(O)OC[C@@H](COC(=O)CCCCCCCCCCC(C)CC)OC(=O)CCCCCCCCCCCCCCCC)OC(=O)CCCCCCCCCCCCCCCCC(C)C. The molecule has 0 aliphatic heterocycles. The highest BCUT2D eigenvalue weighted by atomic mass is 31.2. The van der Waals surface area contributed by atoms with Crippen LogP contribution in [0.25, 0.3) is 0 Å². The number of aliphatic hydroxyl groups excluding tert-OH is 1. The summed E-state index contributed by atoms with van der Waals surface area (Å²) in [6, 6.07) is 0. The first kappa shape index (κ1) is 95.1. The number of carbonyl (C=O) groups is 4. The molecule has 19 heteroatoms. The predicted octanol–water partition coefficient (Wildman–Crippen LogP) is 23.1. The van der Waals surface area contributed by atoms with Gasteiger partial charge >= 0.3 is 39.5 Å². The van der Waals surface area contributed by atoms with Gasteiger partial charge in [0.15, 0.2) is 12.2 Å². The van der Waals surface area contributed by atoms with E-state index in [1.165, 1.54) is 225 Å². The van der Waals surface area contributed by atoms with Crippen LogP contribution >= 0.6 is 15.6 Å². The second-order valence-corrected chi connectivity index (χ2v) is 31.7. The van der Waals surface area contributed by atoms with Crippen LogP contribution < -0.4 is 0 Å². The topological polar surface area (TPSA) is 237 Å². The zero-order valence-electron chi connectivity index (χ0n) is 63.4. The minimum atomic E-state index is -4.96. The Morgan fingerprint density at radius 1 is 0.299 bits per heavy atom. The second kappa shape index (κ2) is 69.8. The normalized spacial score (nSPS) is 14.2. The van der Waals surface area contributed by atoms with Gasteiger partial charge < -0.3 is 33.8 Å². The van der Waals surface area contributed by atoms with Crippen LogP contribution in [0.1, 0.15) is 408 Å². The largest absolute Gasteiger partial charge is 0.472 e. The lowest BCUT2D eigenvalue weighted by Crippen LogP contribution is -2.30. The van der Waals surface area contributed by atoms with Gasteiger partial charge in [0.25, 0.3) is 0 Å². The van der Waals surface area contributed by atoms with Crippen molar-refractivity contribution in [2.24, 2.45) is 11.8 Å². The van der Waals surface area contributed by atoms with Crippen molar-refractivity contribution in [3.63, 3.8) is 0 Å². The van der Waals surface area contributed by atoms with Crippen LogP contribution in [0.3, 0.4) is 0 Å². The fraction of sp³-hybridized carbons (Fsp3) is 0.949. The first-order valence-electron chi connectivity index (χ1n) is 40.5. The molecule has 0 fully saturated rings. The lowest BCUT2D eigenvalue weighted by Gasteiger charge is -2.21. The van der Waals surface area contributed by atoms with E-state index in [-0.39, 0.29) is 25.7 Å². The van der Waals surface area contributed by atoms with Gasteiger partial charge in [-0.05, 0) is 37.5 Å². The van der Waals surface area contributed by atoms with E-state index in [1.807, 2.05) is 0 Å². The van der Waals surface area contributed by atoms with Crippen molar-refractivity contribution in [1.82, 2.24) is 0 Å². The molecular formula is C78H152O17P2. The van der Waals surface area contributed by atoms with Gasteiger partial charge in [0.2, 0.25) is 0 Å². The van der Waals surface area contributed by atoms with Crippen LogP contribution in [-0.4, -0.2) is 96.7 Å². The summed E-state index contributed by atoms with van der Waals surface area (Å²) >= 11 is 0. The van der Waals surface area contributed by atoms with Crippen LogP contribution in [-0.2, 0) is 65.4 Å². The smallest absolute Gasteiger partial charge is 0.462 e. The maximum atomic E-state index is 13.1. The summed E-state index contributed by atoms with van der Waals surface area (Å²) in [6.07, 6.45) is 58.0. The first-order valence-corrected chi connectivity index (χ1v) is 43.5. The number of rotatable bonds is 77. The van der Waals surface area contributed by atoms with Crippen LogP contribution in [0, 0.1) is 11.8 Å². The van der Waals surface area contributed by atoms with Gasteiger partial charge in [-0.3, -0.25) is 37.3 Å². The lowest BCUT2D eigenvalue weighted by molar-refractivity contribution is -0.161. The minimum Gasteiger partial charge on any atom is -0.462 e. The Kier molecular flexibility index (Phi) is 68.4. The van der Waals surface area contributed by atoms with Crippen LogP contribution in [0.2, 0.25) is 0 Å². The molecule has 0 aromatic carbocycles. The van der Waals surface area contributed by atoms with Crippen LogP contribution in [0.4, 0.5) is 0 Å². The number of aliphatic hydroxyl groups is 1. The molecule has 0 aromatic heterocycles. The van der Waals surface area contributed by atoms with Gasteiger partial charge in [-0.15, -0.1) is 0 Å². The highest BCUT2D eigenvalue weighted by molar-refractivity contribution is 7.47. The summed E-state index contributed by atoms with van der Waals surface area (Å²) in [7, 11) is -9.92. The van der Waals surface area contributed by atoms with Crippen molar-refractivity contribution < 1.29 is 80.2 Å². The van der Waals surface area contributed by atoms with Gasteiger partial charge in [-0.25, -0.2) is 9.13 Å².